The van der Waals surface area contributed by atoms with E-state index in [0.29, 0.717) is 40.7 Å². The van der Waals surface area contributed by atoms with Gasteiger partial charge in [-0.05, 0) is 43.0 Å². The van der Waals surface area contributed by atoms with Crippen LogP contribution in [-0.4, -0.2) is 31.9 Å². The molecule has 2 aromatic heterocycles. The van der Waals surface area contributed by atoms with Crippen molar-refractivity contribution in [2.45, 2.75) is 52.1 Å². The molecule has 158 valence electrons. The molecule has 30 heavy (non-hydrogen) atoms. The summed E-state index contributed by atoms with van der Waals surface area (Å²) in [6, 6.07) is 9.45. The van der Waals surface area contributed by atoms with Crippen molar-refractivity contribution in [2.75, 3.05) is 6.54 Å². The van der Waals surface area contributed by atoms with Crippen LogP contribution in [0.4, 0.5) is 0 Å². The Morgan fingerprint density at radius 1 is 1.20 bits per heavy atom. The van der Waals surface area contributed by atoms with Crippen molar-refractivity contribution in [3.63, 3.8) is 0 Å². The van der Waals surface area contributed by atoms with Gasteiger partial charge in [0.05, 0.1) is 22.2 Å². The molecule has 0 atom stereocenters. The van der Waals surface area contributed by atoms with Crippen molar-refractivity contribution >= 4 is 40.3 Å². The zero-order chi connectivity index (χ0) is 21.3. The van der Waals surface area contributed by atoms with Crippen LogP contribution in [0.1, 0.15) is 61.8 Å². The van der Waals surface area contributed by atoms with Gasteiger partial charge in [0, 0.05) is 18.8 Å². The summed E-state index contributed by atoms with van der Waals surface area (Å²) in [6.45, 7) is 5.21. The maximum absolute atomic E-state index is 13.4. The summed E-state index contributed by atoms with van der Waals surface area (Å²) >= 11 is 12.5. The van der Waals surface area contributed by atoms with Gasteiger partial charge in [0.1, 0.15) is 11.3 Å². The van der Waals surface area contributed by atoms with Gasteiger partial charge >= 0.3 is 0 Å². The maximum Gasteiger partial charge on any atom is 0.255 e. The van der Waals surface area contributed by atoms with Crippen molar-refractivity contribution in [3.8, 4) is 0 Å². The van der Waals surface area contributed by atoms with Gasteiger partial charge in [0.2, 0.25) is 0 Å². The van der Waals surface area contributed by atoms with E-state index in [1.54, 1.807) is 18.2 Å². The van der Waals surface area contributed by atoms with E-state index in [0.717, 1.165) is 29.8 Å². The van der Waals surface area contributed by atoms with Gasteiger partial charge in [-0.1, -0.05) is 56.0 Å². The highest BCUT2D eigenvalue weighted by atomic mass is 35.5. The van der Waals surface area contributed by atoms with Gasteiger partial charge < -0.3 is 9.47 Å². The summed E-state index contributed by atoms with van der Waals surface area (Å²) in [5.41, 5.74) is 2.20. The molecule has 0 unspecified atom stereocenters. The number of aromatic nitrogens is 3. The van der Waals surface area contributed by atoms with Crippen molar-refractivity contribution in [1.82, 2.24) is 19.4 Å². The van der Waals surface area contributed by atoms with Crippen LogP contribution in [0.5, 0.6) is 0 Å². The van der Waals surface area contributed by atoms with Crippen LogP contribution < -0.4 is 0 Å². The number of hydrogen-bond donors (Lipinski definition) is 0. The molecule has 7 heteroatoms. The molecule has 3 aromatic rings. The third-order valence-electron chi connectivity index (χ3n) is 5.60. The molecule has 1 fully saturated rings. The first kappa shape index (κ1) is 21.1. The number of nitrogens with zero attached hydrogens (tertiary/aromatic N) is 4. The largest absolute Gasteiger partial charge is 0.331 e. The predicted molar refractivity (Wildman–Crippen MR) is 121 cm³/mol. The number of rotatable bonds is 6. The van der Waals surface area contributed by atoms with Crippen LogP contribution in [0.25, 0.3) is 11.2 Å². The molecular formula is C23H26Cl2N4O. The zero-order valence-corrected chi connectivity index (χ0v) is 18.8. The molecule has 5 nitrogen and oxygen atoms in total. The Morgan fingerprint density at radius 2 is 1.97 bits per heavy atom. The Labute approximate surface area is 187 Å². The summed E-state index contributed by atoms with van der Waals surface area (Å²) in [7, 11) is 0. The number of pyridine rings is 1. The minimum atomic E-state index is -0.130. The third kappa shape index (κ3) is 4.19. The maximum atomic E-state index is 13.4. The lowest BCUT2D eigenvalue weighted by molar-refractivity contribution is 0.0715. The Kier molecular flexibility index (Phi) is 6.30. The summed E-state index contributed by atoms with van der Waals surface area (Å²) in [6.07, 6.45) is 6.47. The van der Waals surface area contributed by atoms with Crippen molar-refractivity contribution in [1.29, 1.82) is 0 Å². The topological polar surface area (TPSA) is 51.0 Å². The summed E-state index contributed by atoms with van der Waals surface area (Å²) in [5, 5.41) is 0.679. The molecule has 0 saturated heterocycles. The van der Waals surface area contributed by atoms with E-state index in [2.05, 4.69) is 23.4 Å². The van der Waals surface area contributed by atoms with E-state index in [1.165, 1.54) is 12.8 Å². The number of halogens is 2. The van der Waals surface area contributed by atoms with Gasteiger partial charge in [-0.25, -0.2) is 9.97 Å². The van der Waals surface area contributed by atoms with E-state index < -0.39 is 0 Å². The molecule has 1 aliphatic rings. The summed E-state index contributed by atoms with van der Waals surface area (Å²) in [4.78, 5) is 24.7. The van der Waals surface area contributed by atoms with Crippen LogP contribution in [0.3, 0.4) is 0 Å². The Hall–Kier alpha value is -2.11. The van der Waals surface area contributed by atoms with Gasteiger partial charge in [0.25, 0.3) is 5.91 Å². The van der Waals surface area contributed by atoms with Crippen LogP contribution in [-0.2, 0) is 6.54 Å². The second kappa shape index (κ2) is 8.94. The third-order valence-corrected chi connectivity index (χ3v) is 6.42. The SMILES string of the molecule is CC(C)CN(Cc1nc2cccnc2n1C1CCCC1)C(=O)c1cccc(Cl)c1Cl. The molecule has 1 aromatic carbocycles. The molecule has 0 bridgehead atoms. The van der Waals surface area contributed by atoms with Gasteiger partial charge in [0.15, 0.2) is 5.65 Å². The highest BCUT2D eigenvalue weighted by molar-refractivity contribution is 6.43. The first-order valence-corrected chi connectivity index (χ1v) is 11.3. The van der Waals surface area contributed by atoms with Crippen molar-refractivity contribution < 1.29 is 4.79 Å². The fraction of sp³-hybridized carbons (Fsp3) is 0.435. The summed E-state index contributed by atoms with van der Waals surface area (Å²) < 4.78 is 2.25. The van der Waals surface area contributed by atoms with Crippen LogP contribution in [0, 0.1) is 5.92 Å². The van der Waals surface area contributed by atoms with E-state index in [4.69, 9.17) is 28.2 Å². The standard InChI is InChI=1S/C23H26Cl2N4O/c1-15(2)13-28(23(30)17-9-5-10-18(24)21(17)25)14-20-27-19-11-6-12-26-22(19)29(20)16-7-3-4-8-16/h5-6,9-12,15-16H,3-4,7-8,13-14H2,1-2H3. The van der Waals surface area contributed by atoms with Gasteiger partial charge in [-0.2, -0.15) is 0 Å². The molecule has 2 heterocycles. The Balaban J connectivity index is 1.73. The molecule has 1 saturated carbocycles. The minimum absolute atomic E-state index is 0.130. The quantitative estimate of drug-likeness (QED) is 0.457. The second-order valence-corrected chi connectivity index (χ2v) is 9.15. The zero-order valence-electron chi connectivity index (χ0n) is 17.3. The fourth-order valence-electron chi connectivity index (χ4n) is 4.30. The smallest absolute Gasteiger partial charge is 0.255 e. The molecular weight excluding hydrogens is 419 g/mol. The van der Waals surface area contributed by atoms with Crippen molar-refractivity contribution in [2.24, 2.45) is 5.92 Å². The van der Waals surface area contributed by atoms with E-state index >= 15 is 0 Å². The number of amides is 1. The van der Waals surface area contributed by atoms with E-state index in [1.807, 2.05) is 23.2 Å². The lowest BCUT2D eigenvalue weighted by atomic mass is 10.1. The number of benzene rings is 1. The molecule has 4 rings (SSSR count). The molecule has 0 N–H and O–H groups in total. The summed E-state index contributed by atoms with van der Waals surface area (Å²) in [5.74, 6) is 1.05. The molecule has 0 radical (unpaired) electrons. The predicted octanol–water partition coefficient (Wildman–Crippen LogP) is 6.15. The number of carbonyl (C=O) groups excluding carboxylic acids is 1. The Bertz CT molecular complexity index is 1060. The van der Waals surface area contributed by atoms with Crippen LogP contribution in [0.15, 0.2) is 36.5 Å². The average molecular weight is 445 g/mol. The first-order chi connectivity index (χ1) is 14.5. The number of imidazole rings is 1. The van der Waals surface area contributed by atoms with E-state index in [-0.39, 0.29) is 5.91 Å². The molecule has 0 aliphatic heterocycles. The molecule has 1 amide bonds. The van der Waals surface area contributed by atoms with Crippen molar-refractivity contribution in [3.05, 3.63) is 58.0 Å². The highest BCUT2D eigenvalue weighted by Crippen LogP contribution is 2.34. The minimum Gasteiger partial charge on any atom is -0.331 e. The van der Waals surface area contributed by atoms with Gasteiger partial charge in [-0.3, -0.25) is 4.79 Å². The van der Waals surface area contributed by atoms with Crippen LogP contribution >= 0.6 is 23.2 Å². The molecule has 1 aliphatic carbocycles. The van der Waals surface area contributed by atoms with Crippen LogP contribution in [0.2, 0.25) is 10.0 Å². The van der Waals surface area contributed by atoms with E-state index in [9.17, 15) is 4.79 Å². The number of fused-ring (bicyclic) bond motifs is 1. The fourth-order valence-corrected chi connectivity index (χ4v) is 4.69. The monoisotopic (exact) mass is 444 g/mol. The number of carbonyl (C=O) groups is 1. The average Bonchev–Trinajstić information content (AvgIpc) is 3.35. The lowest BCUT2D eigenvalue weighted by Crippen LogP contribution is -2.35. The first-order valence-electron chi connectivity index (χ1n) is 10.5. The highest BCUT2D eigenvalue weighted by Gasteiger charge is 2.27. The Morgan fingerprint density at radius 3 is 2.70 bits per heavy atom. The lowest BCUT2D eigenvalue weighted by Gasteiger charge is -2.26. The van der Waals surface area contributed by atoms with Gasteiger partial charge in [-0.15, -0.1) is 0 Å². The normalized spacial score (nSPS) is 14.7. The number of hydrogen-bond acceptors (Lipinski definition) is 3. The molecule has 0 spiro atoms. The second-order valence-electron chi connectivity index (χ2n) is 8.36.